The summed E-state index contributed by atoms with van der Waals surface area (Å²) in [5.74, 6) is -0.0454. The molecular formula is C14H21FN2O. The molecule has 0 aliphatic rings. The molecule has 0 radical (unpaired) electrons. The second kappa shape index (κ2) is 6.50. The van der Waals surface area contributed by atoms with E-state index in [0.29, 0.717) is 18.0 Å². The molecule has 3 nitrogen and oxygen atoms in total. The van der Waals surface area contributed by atoms with Gasteiger partial charge in [-0.1, -0.05) is 13.8 Å². The minimum atomic E-state index is -0.333. The smallest absolute Gasteiger partial charge is 0.251 e. The van der Waals surface area contributed by atoms with E-state index in [-0.39, 0.29) is 17.8 Å². The molecule has 0 fully saturated rings. The van der Waals surface area contributed by atoms with Gasteiger partial charge >= 0.3 is 0 Å². The molecule has 1 atom stereocenters. The van der Waals surface area contributed by atoms with E-state index >= 15 is 0 Å². The molecule has 1 aromatic carbocycles. The Bertz CT molecular complexity index is 379. The zero-order chi connectivity index (χ0) is 13.7. The van der Waals surface area contributed by atoms with Gasteiger partial charge in [-0.05, 0) is 44.3 Å². The summed E-state index contributed by atoms with van der Waals surface area (Å²) >= 11 is 0. The predicted octanol–water partition coefficient (Wildman–Crippen LogP) is 2.14. The fraction of sp³-hybridized carbons (Fsp3) is 0.500. The summed E-state index contributed by atoms with van der Waals surface area (Å²) in [6, 6.07) is 5.85. The SMILES string of the molecule is CC(C)C(CNC(=O)c1ccc(F)cc1)N(C)C. The standard InChI is InChI=1S/C14H21FN2O/c1-10(2)13(17(3)4)9-16-14(18)11-5-7-12(15)8-6-11/h5-8,10,13H,9H2,1-4H3,(H,16,18). The highest BCUT2D eigenvalue weighted by molar-refractivity contribution is 5.94. The molecule has 1 amide bonds. The molecular weight excluding hydrogens is 231 g/mol. The summed E-state index contributed by atoms with van der Waals surface area (Å²) in [4.78, 5) is 13.9. The van der Waals surface area contributed by atoms with Crippen LogP contribution in [0.2, 0.25) is 0 Å². The number of benzene rings is 1. The fourth-order valence-corrected chi connectivity index (χ4v) is 1.92. The van der Waals surface area contributed by atoms with Gasteiger partial charge in [0.2, 0.25) is 0 Å². The number of amides is 1. The Labute approximate surface area is 108 Å². The van der Waals surface area contributed by atoms with Crippen molar-refractivity contribution in [1.29, 1.82) is 0 Å². The largest absolute Gasteiger partial charge is 0.350 e. The molecule has 100 valence electrons. The van der Waals surface area contributed by atoms with Gasteiger partial charge in [0, 0.05) is 18.2 Å². The Kier molecular flexibility index (Phi) is 5.28. The first-order valence-electron chi connectivity index (χ1n) is 6.12. The zero-order valence-electron chi connectivity index (χ0n) is 11.4. The van der Waals surface area contributed by atoms with E-state index in [1.54, 1.807) is 0 Å². The lowest BCUT2D eigenvalue weighted by molar-refractivity contribution is 0.0934. The van der Waals surface area contributed by atoms with Crippen LogP contribution >= 0.6 is 0 Å². The maximum atomic E-state index is 12.7. The number of rotatable bonds is 5. The molecule has 1 aromatic rings. The second-order valence-electron chi connectivity index (χ2n) is 4.99. The number of nitrogens with one attached hydrogen (secondary N) is 1. The van der Waals surface area contributed by atoms with Crippen molar-refractivity contribution < 1.29 is 9.18 Å². The molecule has 1 unspecified atom stereocenters. The molecule has 0 saturated heterocycles. The quantitative estimate of drug-likeness (QED) is 0.870. The first kappa shape index (κ1) is 14.6. The normalized spacial score (nSPS) is 12.8. The number of nitrogens with zero attached hydrogens (tertiary/aromatic N) is 1. The monoisotopic (exact) mass is 252 g/mol. The molecule has 0 aliphatic heterocycles. The average molecular weight is 252 g/mol. The lowest BCUT2D eigenvalue weighted by Gasteiger charge is -2.28. The third-order valence-electron chi connectivity index (χ3n) is 3.01. The molecule has 1 N–H and O–H groups in total. The Balaban J connectivity index is 2.57. The Morgan fingerprint density at radius 1 is 1.28 bits per heavy atom. The summed E-state index contributed by atoms with van der Waals surface area (Å²) in [6.07, 6.45) is 0. The Morgan fingerprint density at radius 2 is 1.83 bits per heavy atom. The molecule has 0 saturated carbocycles. The number of likely N-dealkylation sites (N-methyl/N-ethyl adjacent to an activating group) is 1. The summed E-state index contributed by atoms with van der Waals surface area (Å²) in [6.45, 7) is 4.82. The van der Waals surface area contributed by atoms with Crippen molar-refractivity contribution in [3.05, 3.63) is 35.6 Å². The Morgan fingerprint density at radius 3 is 2.28 bits per heavy atom. The van der Waals surface area contributed by atoms with Crippen LogP contribution in [0.4, 0.5) is 4.39 Å². The van der Waals surface area contributed by atoms with Crippen LogP contribution in [0.5, 0.6) is 0 Å². The third kappa shape index (κ3) is 4.11. The van der Waals surface area contributed by atoms with Gasteiger partial charge in [0.05, 0.1) is 0 Å². The van der Waals surface area contributed by atoms with Crippen LogP contribution in [0.3, 0.4) is 0 Å². The summed E-state index contributed by atoms with van der Waals surface area (Å²) in [5, 5.41) is 2.88. The van der Waals surface area contributed by atoms with Crippen LogP contribution in [0.25, 0.3) is 0 Å². The van der Waals surface area contributed by atoms with Crippen LogP contribution in [0.15, 0.2) is 24.3 Å². The number of hydrogen-bond acceptors (Lipinski definition) is 2. The van der Waals surface area contributed by atoms with Gasteiger partial charge < -0.3 is 10.2 Å². The van der Waals surface area contributed by atoms with Crippen molar-refractivity contribution >= 4 is 5.91 Å². The van der Waals surface area contributed by atoms with E-state index in [0.717, 1.165) is 0 Å². The second-order valence-corrected chi connectivity index (χ2v) is 4.99. The maximum absolute atomic E-state index is 12.7. The lowest BCUT2D eigenvalue weighted by atomic mass is 10.0. The molecule has 4 heteroatoms. The van der Waals surface area contributed by atoms with Crippen molar-refractivity contribution in [1.82, 2.24) is 10.2 Å². The van der Waals surface area contributed by atoms with Crippen molar-refractivity contribution in [3.63, 3.8) is 0 Å². The lowest BCUT2D eigenvalue weighted by Crippen LogP contribution is -2.43. The van der Waals surface area contributed by atoms with Gasteiger partial charge in [0.25, 0.3) is 5.91 Å². The molecule has 0 aromatic heterocycles. The highest BCUT2D eigenvalue weighted by Crippen LogP contribution is 2.07. The number of hydrogen-bond donors (Lipinski definition) is 1. The number of carbonyl (C=O) groups excluding carboxylic acids is 1. The van der Waals surface area contributed by atoms with Crippen molar-refractivity contribution in [3.8, 4) is 0 Å². The summed E-state index contributed by atoms with van der Waals surface area (Å²) in [7, 11) is 3.99. The van der Waals surface area contributed by atoms with E-state index < -0.39 is 0 Å². The topological polar surface area (TPSA) is 32.3 Å². The van der Waals surface area contributed by atoms with E-state index in [1.807, 2.05) is 14.1 Å². The van der Waals surface area contributed by atoms with Crippen molar-refractivity contribution in [2.75, 3.05) is 20.6 Å². The van der Waals surface area contributed by atoms with Gasteiger partial charge in [-0.3, -0.25) is 4.79 Å². The highest BCUT2D eigenvalue weighted by atomic mass is 19.1. The maximum Gasteiger partial charge on any atom is 0.251 e. The minimum absolute atomic E-state index is 0.164. The van der Waals surface area contributed by atoms with Crippen molar-refractivity contribution in [2.45, 2.75) is 19.9 Å². The van der Waals surface area contributed by atoms with Crippen molar-refractivity contribution in [2.24, 2.45) is 5.92 Å². The van der Waals surface area contributed by atoms with Crippen LogP contribution in [-0.2, 0) is 0 Å². The zero-order valence-corrected chi connectivity index (χ0v) is 11.4. The molecule has 0 spiro atoms. The predicted molar refractivity (Wildman–Crippen MR) is 71.0 cm³/mol. The fourth-order valence-electron chi connectivity index (χ4n) is 1.92. The molecule has 0 aliphatic carbocycles. The van der Waals surface area contributed by atoms with Crippen LogP contribution in [-0.4, -0.2) is 37.5 Å². The number of carbonyl (C=O) groups is 1. The van der Waals surface area contributed by atoms with Crippen LogP contribution < -0.4 is 5.32 Å². The Hall–Kier alpha value is -1.42. The molecule has 0 heterocycles. The third-order valence-corrected chi connectivity index (χ3v) is 3.01. The molecule has 0 bridgehead atoms. The first-order valence-corrected chi connectivity index (χ1v) is 6.12. The van der Waals surface area contributed by atoms with Gasteiger partial charge in [-0.2, -0.15) is 0 Å². The van der Waals surface area contributed by atoms with Gasteiger partial charge in [0.1, 0.15) is 5.82 Å². The van der Waals surface area contributed by atoms with E-state index in [4.69, 9.17) is 0 Å². The average Bonchev–Trinajstić information content (AvgIpc) is 2.28. The molecule has 18 heavy (non-hydrogen) atoms. The van der Waals surface area contributed by atoms with E-state index in [1.165, 1.54) is 24.3 Å². The first-order chi connectivity index (χ1) is 8.41. The van der Waals surface area contributed by atoms with E-state index in [9.17, 15) is 9.18 Å². The van der Waals surface area contributed by atoms with Gasteiger partial charge in [-0.15, -0.1) is 0 Å². The summed E-state index contributed by atoms with van der Waals surface area (Å²) < 4.78 is 12.7. The summed E-state index contributed by atoms with van der Waals surface area (Å²) in [5.41, 5.74) is 0.484. The molecule has 1 rings (SSSR count). The van der Waals surface area contributed by atoms with Gasteiger partial charge in [-0.25, -0.2) is 4.39 Å². The van der Waals surface area contributed by atoms with Gasteiger partial charge in [0.15, 0.2) is 0 Å². The highest BCUT2D eigenvalue weighted by Gasteiger charge is 2.16. The minimum Gasteiger partial charge on any atom is -0.350 e. The van der Waals surface area contributed by atoms with Crippen LogP contribution in [0.1, 0.15) is 24.2 Å². The van der Waals surface area contributed by atoms with E-state index in [2.05, 4.69) is 24.1 Å². The number of halogens is 1. The van der Waals surface area contributed by atoms with Crippen LogP contribution in [0, 0.1) is 11.7 Å².